The van der Waals surface area contributed by atoms with Crippen molar-refractivity contribution in [2.24, 2.45) is 0 Å². The minimum absolute atomic E-state index is 0.123. The van der Waals surface area contributed by atoms with E-state index in [1.807, 2.05) is 17.9 Å². The Hall–Kier alpha value is -0.870. The second kappa shape index (κ2) is 5.85. The summed E-state index contributed by atoms with van der Waals surface area (Å²) >= 11 is 7.58. The number of nitrogens with zero attached hydrogens (tertiary/aromatic N) is 1. The number of halogens is 1. The van der Waals surface area contributed by atoms with Crippen LogP contribution >= 0.6 is 23.4 Å². The normalized spacial score (nSPS) is 16.9. The van der Waals surface area contributed by atoms with Crippen molar-refractivity contribution in [3.05, 3.63) is 23.2 Å². The molecule has 0 aliphatic carbocycles. The van der Waals surface area contributed by atoms with Crippen LogP contribution in [-0.4, -0.2) is 29.1 Å². The van der Waals surface area contributed by atoms with E-state index >= 15 is 0 Å². The lowest BCUT2D eigenvalue weighted by molar-refractivity contribution is -0.129. The van der Waals surface area contributed by atoms with E-state index in [0.29, 0.717) is 10.7 Å². The molecule has 5 heteroatoms. The Bertz CT molecular complexity index is 447. The summed E-state index contributed by atoms with van der Waals surface area (Å²) in [6, 6.07) is 5.35. The van der Waals surface area contributed by atoms with Gasteiger partial charge in [0.2, 0.25) is 5.91 Å². The Kier molecular flexibility index (Phi) is 4.40. The van der Waals surface area contributed by atoms with Gasteiger partial charge in [0, 0.05) is 23.7 Å². The van der Waals surface area contributed by atoms with Gasteiger partial charge in [-0.05, 0) is 38.0 Å². The van der Waals surface area contributed by atoms with E-state index in [1.165, 1.54) is 11.8 Å². The van der Waals surface area contributed by atoms with Crippen molar-refractivity contribution in [3.8, 4) is 0 Å². The maximum absolute atomic E-state index is 12.2. The molecule has 98 valence electrons. The van der Waals surface area contributed by atoms with Crippen molar-refractivity contribution in [1.82, 2.24) is 4.90 Å². The number of hydrogen-bond donors (Lipinski definition) is 1. The number of carbonyl (C=O) groups is 1. The van der Waals surface area contributed by atoms with Crippen LogP contribution in [0.15, 0.2) is 23.1 Å². The van der Waals surface area contributed by atoms with Crippen LogP contribution in [0, 0.1) is 0 Å². The second-order valence-electron chi connectivity index (χ2n) is 4.48. The summed E-state index contributed by atoms with van der Waals surface area (Å²) in [6.45, 7) is 3.69. The first-order valence-corrected chi connectivity index (χ1v) is 7.34. The van der Waals surface area contributed by atoms with E-state index in [4.69, 9.17) is 17.3 Å². The van der Waals surface area contributed by atoms with Gasteiger partial charge in [-0.1, -0.05) is 11.6 Å². The summed E-state index contributed by atoms with van der Waals surface area (Å²) in [5, 5.41) is 0.526. The molecule has 0 bridgehead atoms. The van der Waals surface area contributed by atoms with Crippen LogP contribution < -0.4 is 5.73 Å². The zero-order valence-corrected chi connectivity index (χ0v) is 11.9. The molecular weight excluding hydrogens is 268 g/mol. The number of thioether (sulfide) groups is 1. The average molecular weight is 285 g/mol. The molecule has 0 aromatic heterocycles. The highest BCUT2D eigenvalue weighted by atomic mass is 35.5. The van der Waals surface area contributed by atoms with Crippen molar-refractivity contribution in [1.29, 1.82) is 0 Å². The zero-order valence-electron chi connectivity index (χ0n) is 10.4. The lowest BCUT2D eigenvalue weighted by Gasteiger charge is -2.20. The lowest BCUT2D eigenvalue weighted by atomic mass is 10.3. The third-order valence-corrected chi connectivity index (χ3v) is 4.61. The summed E-state index contributed by atoms with van der Waals surface area (Å²) in [5.41, 5.74) is 6.40. The fourth-order valence-corrected chi connectivity index (χ4v) is 3.31. The third-order valence-electron chi connectivity index (χ3n) is 3.02. The van der Waals surface area contributed by atoms with Crippen LogP contribution in [0.1, 0.15) is 19.8 Å². The highest BCUT2D eigenvalue weighted by molar-refractivity contribution is 8.00. The van der Waals surface area contributed by atoms with Crippen molar-refractivity contribution in [2.75, 3.05) is 18.8 Å². The molecule has 1 aliphatic rings. The Morgan fingerprint density at radius 1 is 1.44 bits per heavy atom. The molecule has 2 N–H and O–H groups in total. The molecule has 1 saturated heterocycles. The molecule has 1 heterocycles. The summed E-state index contributed by atoms with van der Waals surface area (Å²) in [6.07, 6.45) is 2.23. The van der Waals surface area contributed by atoms with Gasteiger partial charge >= 0.3 is 0 Å². The van der Waals surface area contributed by atoms with Crippen LogP contribution in [0.5, 0.6) is 0 Å². The number of benzene rings is 1. The molecule has 0 saturated carbocycles. The van der Waals surface area contributed by atoms with Crippen LogP contribution in [0.2, 0.25) is 5.02 Å². The van der Waals surface area contributed by atoms with Gasteiger partial charge in [-0.15, -0.1) is 11.8 Å². The molecule has 2 rings (SSSR count). The fraction of sp³-hybridized carbons (Fsp3) is 0.462. The van der Waals surface area contributed by atoms with E-state index in [2.05, 4.69) is 0 Å². The molecule has 1 aromatic carbocycles. The van der Waals surface area contributed by atoms with Crippen molar-refractivity contribution >= 4 is 35.0 Å². The number of rotatable bonds is 3. The number of likely N-dealkylation sites (tertiary alicyclic amines) is 1. The van der Waals surface area contributed by atoms with Crippen molar-refractivity contribution < 1.29 is 4.79 Å². The molecule has 1 atom stereocenters. The van der Waals surface area contributed by atoms with E-state index in [0.717, 1.165) is 30.8 Å². The molecule has 0 radical (unpaired) electrons. The minimum atomic E-state index is -0.123. The maximum atomic E-state index is 12.2. The minimum Gasteiger partial charge on any atom is -0.399 e. The van der Waals surface area contributed by atoms with Gasteiger partial charge in [-0.2, -0.15) is 0 Å². The highest BCUT2D eigenvalue weighted by Gasteiger charge is 2.24. The van der Waals surface area contributed by atoms with Crippen LogP contribution in [0.4, 0.5) is 5.69 Å². The zero-order chi connectivity index (χ0) is 13.1. The van der Waals surface area contributed by atoms with Crippen molar-refractivity contribution in [2.45, 2.75) is 29.9 Å². The van der Waals surface area contributed by atoms with Gasteiger partial charge in [0.05, 0.1) is 10.3 Å². The Morgan fingerprint density at radius 3 is 2.78 bits per heavy atom. The number of amides is 1. The van der Waals surface area contributed by atoms with E-state index in [1.54, 1.807) is 12.1 Å². The van der Waals surface area contributed by atoms with Gasteiger partial charge < -0.3 is 10.6 Å². The quantitative estimate of drug-likeness (QED) is 0.685. The predicted molar refractivity (Wildman–Crippen MR) is 77.0 cm³/mol. The standard InChI is InChI=1S/C13H17ClN2OS/c1-9(13(17)16-6-2-3-7-16)18-12-8-10(15)4-5-11(12)14/h4-5,8-9H,2-3,6-7,15H2,1H3. The number of carbonyl (C=O) groups excluding carboxylic acids is 1. The molecule has 1 unspecified atom stereocenters. The molecule has 18 heavy (non-hydrogen) atoms. The Labute approximate surface area is 117 Å². The van der Waals surface area contributed by atoms with Crippen LogP contribution in [0.3, 0.4) is 0 Å². The number of anilines is 1. The Morgan fingerprint density at radius 2 is 2.11 bits per heavy atom. The smallest absolute Gasteiger partial charge is 0.235 e. The molecule has 1 aromatic rings. The van der Waals surface area contributed by atoms with Gasteiger partial charge in [-0.3, -0.25) is 4.79 Å². The summed E-state index contributed by atoms with van der Waals surface area (Å²) in [5.74, 6) is 0.191. The SMILES string of the molecule is CC(Sc1cc(N)ccc1Cl)C(=O)N1CCCC1. The van der Waals surface area contributed by atoms with E-state index in [-0.39, 0.29) is 11.2 Å². The monoisotopic (exact) mass is 284 g/mol. The predicted octanol–water partition coefficient (Wildman–Crippen LogP) is 3.03. The topological polar surface area (TPSA) is 46.3 Å². The summed E-state index contributed by atoms with van der Waals surface area (Å²) in [7, 11) is 0. The largest absolute Gasteiger partial charge is 0.399 e. The first-order chi connectivity index (χ1) is 8.58. The fourth-order valence-electron chi connectivity index (χ4n) is 2.05. The van der Waals surface area contributed by atoms with Crippen LogP contribution in [-0.2, 0) is 4.79 Å². The van der Waals surface area contributed by atoms with Crippen molar-refractivity contribution in [3.63, 3.8) is 0 Å². The number of nitrogens with two attached hydrogens (primary N) is 1. The maximum Gasteiger partial charge on any atom is 0.235 e. The molecule has 1 amide bonds. The molecule has 0 spiro atoms. The first kappa shape index (κ1) is 13.6. The average Bonchev–Trinajstić information content (AvgIpc) is 2.86. The first-order valence-electron chi connectivity index (χ1n) is 6.08. The van der Waals surface area contributed by atoms with Gasteiger partial charge in [0.25, 0.3) is 0 Å². The van der Waals surface area contributed by atoms with E-state index in [9.17, 15) is 4.79 Å². The van der Waals surface area contributed by atoms with E-state index < -0.39 is 0 Å². The number of hydrogen-bond acceptors (Lipinski definition) is 3. The van der Waals surface area contributed by atoms with Gasteiger partial charge in [-0.25, -0.2) is 0 Å². The molecular formula is C13H17ClN2OS. The van der Waals surface area contributed by atoms with Crippen LogP contribution in [0.25, 0.3) is 0 Å². The van der Waals surface area contributed by atoms with Gasteiger partial charge in [0.15, 0.2) is 0 Å². The summed E-state index contributed by atoms with van der Waals surface area (Å²) in [4.78, 5) is 15.0. The molecule has 1 fully saturated rings. The summed E-state index contributed by atoms with van der Waals surface area (Å²) < 4.78 is 0. The molecule has 3 nitrogen and oxygen atoms in total. The number of nitrogen functional groups attached to an aromatic ring is 1. The second-order valence-corrected chi connectivity index (χ2v) is 6.27. The highest BCUT2D eigenvalue weighted by Crippen LogP contribution is 2.32. The third kappa shape index (κ3) is 3.12. The lowest BCUT2D eigenvalue weighted by Crippen LogP contribution is -2.34. The molecule has 1 aliphatic heterocycles. The van der Waals surface area contributed by atoms with Gasteiger partial charge in [0.1, 0.15) is 0 Å². The Balaban J connectivity index is 2.03.